The van der Waals surface area contributed by atoms with Gasteiger partial charge in [0.2, 0.25) is 11.7 Å². The molecule has 1 heterocycles. The lowest BCUT2D eigenvalue weighted by Crippen LogP contribution is -2.26. The fourth-order valence-electron chi connectivity index (χ4n) is 3.74. The fraction of sp³-hybridized carbons (Fsp3) is 0.435. The highest BCUT2D eigenvalue weighted by molar-refractivity contribution is 5.79. The number of carbonyl (C=O) groups excluding carboxylic acids is 1. The lowest BCUT2D eigenvalue weighted by Gasteiger charge is -2.18. The summed E-state index contributed by atoms with van der Waals surface area (Å²) in [5.41, 5.74) is 3.25. The van der Waals surface area contributed by atoms with Crippen LogP contribution in [-0.4, -0.2) is 45.2 Å². The number of methoxy groups -OCH3 is 3. The van der Waals surface area contributed by atoms with Gasteiger partial charge in [-0.1, -0.05) is 24.3 Å². The van der Waals surface area contributed by atoms with E-state index in [2.05, 4.69) is 28.4 Å². The van der Waals surface area contributed by atoms with E-state index in [1.54, 1.807) is 21.3 Å². The maximum Gasteiger partial charge on any atom is 0.224 e. The maximum absolute atomic E-state index is 12.6. The number of benzene rings is 2. The highest BCUT2D eigenvalue weighted by Gasteiger charge is 2.16. The van der Waals surface area contributed by atoms with Crippen molar-refractivity contribution < 1.29 is 19.0 Å². The maximum atomic E-state index is 12.6. The van der Waals surface area contributed by atoms with E-state index in [0.29, 0.717) is 23.8 Å². The molecule has 1 amide bonds. The molecule has 0 spiro atoms. The summed E-state index contributed by atoms with van der Waals surface area (Å²) in [7, 11) is 4.70. The van der Waals surface area contributed by atoms with Crippen molar-refractivity contribution in [2.24, 2.45) is 0 Å². The smallest absolute Gasteiger partial charge is 0.224 e. The quantitative estimate of drug-likeness (QED) is 0.703. The van der Waals surface area contributed by atoms with E-state index in [9.17, 15) is 4.79 Å². The number of hydrogen-bond donors (Lipinski definition) is 1. The van der Waals surface area contributed by atoms with E-state index < -0.39 is 0 Å². The van der Waals surface area contributed by atoms with Crippen LogP contribution in [0.5, 0.6) is 17.2 Å². The Morgan fingerprint density at radius 3 is 2.17 bits per heavy atom. The van der Waals surface area contributed by atoms with Gasteiger partial charge in [0.15, 0.2) is 11.5 Å². The van der Waals surface area contributed by atoms with Crippen molar-refractivity contribution >= 4 is 5.91 Å². The minimum atomic E-state index is -0.0461. The van der Waals surface area contributed by atoms with E-state index in [-0.39, 0.29) is 12.3 Å². The van der Waals surface area contributed by atoms with E-state index in [4.69, 9.17) is 14.2 Å². The Morgan fingerprint density at radius 1 is 0.966 bits per heavy atom. The minimum Gasteiger partial charge on any atom is -0.493 e. The Bertz CT molecular complexity index is 806. The van der Waals surface area contributed by atoms with Gasteiger partial charge in [0.1, 0.15) is 0 Å². The Hall–Kier alpha value is -2.73. The molecule has 0 atom stereocenters. The Labute approximate surface area is 172 Å². The first-order valence-electron chi connectivity index (χ1n) is 9.99. The number of nitrogens with one attached hydrogen (secondary N) is 1. The fourth-order valence-corrected chi connectivity index (χ4v) is 3.74. The van der Waals surface area contributed by atoms with Crippen LogP contribution in [0.4, 0.5) is 0 Å². The number of carbonyl (C=O) groups is 1. The zero-order valence-electron chi connectivity index (χ0n) is 17.5. The monoisotopic (exact) mass is 398 g/mol. The molecule has 1 saturated heterocycles. The van der Waals surface area contributed by atoms with Crippen LogP contribution >= 0.6 is 0 Å². The van der Waals surface area contributed by atoms with Gasteiger partial charge in [-0.05, 0) is 54.8 Å². The Balaban J connectivity index is 1.63. The van der Waals surface area contributed by atoms with Gasteiger partial charge >= 0.3 is 0 Å². The van der Waals surface area contributed by atoms with Crippen LogP contribution in [0.25, 0.3) is 0 Å². The summed E-state index contributed by atoms with van der Waals surface area (Å²) in [6.45, 7) is 3.77. The molecule has 2 aromatic carbocycles. The molecule has 0 saturated carbocycles. The molecule has 0 aromatic heterocycles. The van der Waals surface area contributed by atoms with Crippen LogP contribution in [0.15, 0.2) is 36.4 Å². The Kier molecular flexibility index (Phi) is 7.36. The number of hydrogen-bond acceptors (Lipinski definition) is 5. The van der Waals surface area contributed by atoms with Crippen LogP contribution in [0.1, 0.15) is 29.5 Å². The van der Waals surface area contributed by atoms with Crippen LogP contribution in [0, 0.1) is 0 Å². The molecule has 6 heteroatoms. The highest BCUT2D eigenvalue weighted by atomic mass is 16.5. The molecule has 0 aliphatic carbocycles. The second-order valence-electron chi connectivity index (χ2n) is 7.24. The predicted octanol–water partition coefficient (Wildman–Crippen LogP) is 3.17. The molecule has 1 aliphatic heterocycles. The number of likely N-dealkylation sites (tertiary alicyclic amines) is 1. The molecule has 0 bridgehead atoms. The molecular formula is C23H30N2O4. The average molecular weight is 399 g/mol. The van der Waals surface area contributed by atoms with Crippen molar-refractivity contribution in [3.63, 3.8) is 0 Å². The average Bonchev–Trinajstić information content (AvgIpc) is 3.25. The van der Waals surface area contributed by atoms with E-state index >= 15 is 0 Å². The first-order valence-corrected chi connectivity index (χ1v) is 9.99. The molecule has 29 heavy (non-hydrogen) atoms. The summed E-state index contributed by atoms with van der Waals surface area (Å²) in [6, 6.07) is 11.9. The highest BCUT2D eigenvalue weighted by Crippen LogP contribution is 2.38. The molecular weight excluding hydrogens is 368 g/mol. The number of ether oxygens (including phenoxy) is 3. The summed E-state index contributed by atoms with van der Waals surface area (Å²) in [5.74, 6) is 1.57. The predicted molar refractivity (Wildman–Crippen MR) is 113 cm³/mol. The van der Waals surface area contributed by atoms with Crippen molar-refractivity contribution in [3.8, 4) is 17.2 Å². The van der Waals surface area contributed by atoms with Crippen LogP contribution in [0.3, 0.4) is 0 Å². The van der Waals surface area contributed by atoms with Crippen molar-refractivity contribution in [1.82, 2.24) is 10.2 Å². The first kappa shape index (κ1) is 21.0. The SMILES string of the molecule is COc1cc(CC(=O)NCc2ccccc2CN2CCCC2)cc(OC)c1OC. The summed E-state index contributed by atoms with van der Waals surface area (Å²) in [6.07, 6.45) is 2.78. The molecule has 0 radical (unpaired) electrons. The lowest BCUT2D eigenvalue weighted by atomic mass is 10.1. The summed E-state index contributed by atoms with van der Waals surface area (Å²) >= 11 is 0. The summed E-state index contributed by atoms with van der Waals surface area (Å²) in [5, 5.41) is 3.05. The van der Waals surface area contributed by atoms with Gasteiger partial charge in [-0.15, -0.1) is 0 Å². The van der Waals surface area contributed by atoms with E-state index in [1.807, 2.05) is 18.2 Å². The second-order valence-corrected chi connectivity index (χ2v) is 7.24. The topological polar surface area (TPSA) is 60.0 Å². The second kappa shape index (κ2) is 10.2. The molecule has 1 N–H and O–H groups in total. The van der Waals surface area contributed by atoms with Gasteiger partial charge in [0, 0.05) is 13.1 Å². The number of amides is 1. The zero-order valence-corrected chi connectivity index (χ0v) is 17.5. The van der Waals surface area contributed by atoms with Gasteiger partial charge in [-0.2, -0.15) is 0 Å². The first-order chi connectivity index (χ1) is 14.1. The molecule has 2 aromatic rings. The third-order valence-corrected chi connectivity index (χ3v) is 5.28. The summed E-state index contributed by atoms with van der Waals surface area (Å²) < 4.78 is 16.1. The molecule has 1 aliphatic rings. The van der Waals surface area contributed by atoms with Gasteiger partial charge in [-0.3, -0.25) is 9.69 Å². The van der Waals surface area contributed by atoms with Crippen LogP contribution in [-0.2, 0) is 24.3 Å². The lowest BCUT2D eigenvalue weighted by molar-refractivity contribution is -0.120. The Morgan fingerprint density at radius 2 is 1.59 bits per heavy atom. The van der Waals surface area contributed by atoms with Gasteiger partial charge in [0.25, 0.3) is 0 Å². The van der Waals surface area contributed by atoms with Crippen molar-refractivity contribution in [1.29, 1.82) is 0 Å². The normalized spacial score (nSPS) is 13.9. The molecule has 156 valence electrons. The third kappa shape index (κ3) is 5.41. The van der Waals surface area contributed by atoms with Crippen molar-refractivity contribution in [2.75, 3.05) is 34.4 Å². The molecule has 1 fully saturated rings. The largest absolute Gasteiger partial charge is 0.493 e. The van der Waals surface area contributed by atoms with Gasteiger partial charge in [0.05, 0.1) is 27.8 Å². The number of rotatable bonds is 9. The van der Waals surface area contributed by atoms with Gasteiger partial charge in [-0.25, -0.2) is 0 Å². The summed E-state index contributed by atoms with van der Waals surface area (Å²) in [4.78, 5) is 15.0. The third-order valence-electron chi connectivity index (χ3n) is 5.28. The standard InChI is InChI=1S/C23H30N2O4/c1-27-20-12-17(13-21(28-2)23(20)29-3)14-22(26)24-15-18-8-4-5-9-19(18)16-25-10-6-7-11-25/h4-5,8-9,12-13H,6-7,10-11,14-16H2,1-3H3,(H,24,26). The molecule has 6 nitrogen and oxygen atoms in total. The zero-order chi connectivity index (χ0) is 20.6. The van der Waals surface area contributed by atoms with Gasteiger partial charge < -0.3 is 19.5 Å². The minimum absolute atomic E-state index is 0.0461. The van der Waals surface area contributed by atoms with E-state index in [0.717, 1.165) is 30.8 Å². The molecule has 3 rings (SSSR count). The number of nitrogens with zero attached hydrogens (tertiary/aromatic N) is 1. The van der Waals surface area contributed by atoms with Crippen molar-refractivity contribution in [3.05, 3.63) is 53.1 Å². The molecule has 0 unspecified atom stereocenters. The van der Waals surface area contributed by atoms with Crippen LogP contribution < -0.4 is 19.5 Å². The van der Waals surface area contributed by atoms with Crippen molar-refractivity contribution in [2.45, 2.75) is 32.4 Å². The van der Waals surface area contributed by atoms with E-state index in [1.165, 1.54) is 18.4 Å². The van der Waals surface area contributed by atoms with Crippen LogP contribution in [0.2, 0.25) is 0 Å².